The molecule has 0 radical (unpaired) electrons. The van der Waals surface area contributed by atoms with Crippen LogP contribution in [0.4, 0.5) is 5.69 Å². The summed E-state index contributed by atoms with van der Waals surface area (Å²) < 4.78 is 1.12. The van der Waals surface area contributed by atoms with E-state index in [4.69, 9.17) is 0 Å². The second-order valence-corrected chi connectivity index (χ2v) is 5.96. The number of likely N-dealkylation sites (N-methyl/N-ethyl adjacent to an activating group) is 1. The lowest BCUT2D eigenvalue weighted by molar-refractivity contribution is -0.862. The highest BCUT2D eigenvalue weighted by Crippen LogP contribution is 2.10. The number of carbonyl (C=O) groups is 2. The van der Waals surface area contributed by atoms with Crippen molar-refractivity contribution in [2.45, 2.75) is 13.3 Å². The van der Waals surface area contributed by atoms with Crippen LogP contribution in [-0.4, -0.2) is 38.5 Å². The molecule has 110 valence electrons. The Hall–Kier alpha value is -1.15. The number of quaternary nitrogens is 1. The highest BCUT2D eigenvalue weighted by Gasteiger charge is 2.13. The minimum Gasteiger partial charge on any atom is -0.351 e. The first-order valence-electron chi connectivity index (χ1n) is 6.64. The first-order valence-corrected chi connectivity index (χ1v) is 7.72. The van der Waals surface area contributed by atoms with E-state index in [0.29, 0.717) is 13.1 Å². The first kappa shape index (κ1) is 16.9. The lowest BCUT2D eigenvalue weighted by Crippen LogP contribution is -3.11. The predicted molar refractivity (Wildman–Crippen MR) is 87.7 cm³/mol. The average Bonchev–Trinajstić information content (AvgIpc) is 2.38. The number of hydrogen-bond acceptors (Lipinski definition) is 2. The number of halogens is 1. The Labute approximate surface area is 133 Å². The Balaban J connectivity index is 2.34. The third-order valence-electron chi connectivity index (χ3n) is 2.62. The fourth-order valence-electron chi connectivity index (χ4n) is 1.68. The molecule has 0 saturated carbocycles. The Morgan fingerprint density at radius 1 is 1.15 bits per heavy atom. The van der Waals surface area contributed by atoms with Gasteiger partial charge in [-0.15, -0.1) is 0 Å². The Morgan fingerprint density at radius 2 is 1.75 bits per heavy atom. The van der Waals surface area contributed by atoms with Crippen molar-refractivity contribution in [2.75, 3.05) is 32.0 Å². The zero-order valence-electron chi connectivity index (χ0n) is 11.8. The van der Waals surface area contributed by atoms with E-state index in [1.807, 2.05) is 38.2 Å². The summed E-state index contributed by atoms with van der Waals surface area (Å²) in [5.74, 6) is -0.113. The molecule has 5 nitrogen and oxygen atoms in total. The summed E-state index contributed by atoms with van der Waals surface area (Å²) in [6.45, 7) is 3.26. The van der Waals surface area contributed by atoms with Gasteiger partial charge in [-0.25, -0.2) is 0 Å². The number of amides is 2. The van der Waals surface area contributed by atoms with Crippen LogP contribution in [0, 0.1) is 3.57 Å². The molecule has 20 heavy (non-hydrogen) atoms. The van der Waals surface area contributed by atoms with Gasteiger partial charge in [-0.05, 0) is 53.3 Å². The lowest BCUT2D eigenvalue weighted by atomic mass is 10.3. The normalized spacial score (nSPS) is 11.8. The minimum absolute atomic E-state index is 0.0218. The first-order chi connectivity index (χ1) is 9.51. The van der Waals surface area contributed by atoms with E-state index in [-0.39, 0.29) is 18.4 Å². The van der Waals surface area contributed by atoms with Crippen LogP contribution in [0.25, 0.3) is 0 Å². The quantitative estimate of drug-likeness (QED) is 0.586. The highest BCUT2D eigenvalue weighted by atomic mass is 127. The number of rotatable bonds is 7. The van der Waals surface area contributed by atoms with E-state index < -0.39 is 0 Å². The third kappa shape index (κ3) is 6.85. The molecule has 0 spiro atoms. The zero-order valence-corrected chi connectivity index (χ0v) is 14.0. The maximum Gasteiger partial charge on any atom is 0.279 e. The molecule has 1 aromatic carbocycles. The molecule has 3 N–H and O–H groups in total. The molecule has 1 rings (SSSR count). The minimum atomic E-state index is -0.0907. The molecule has 0 aliphatic heterocycles. The monoisotopic (exact) mass is 390 g/mol. The molecule has 0 aliphatic rings. The van der Waals surface area contributed by atoms with E-state index in [0.717, 1.165) is 20.6 Å². The molecule has 1 unspecified atom stereocenters. The molecule has 0 fully saturated rings. The molecule has 1 aromatic rings. The van der Waals surface area contributed by atoms with Gasteiger partial charge in [0, 0.05) is 15.8 Å². The molecule has 0 aromatic heterocycles. The average molecular weight is 390 g/mol. The maximum atomic E-state index is 11.8. The van der Waals surface area contributed by atoms with Crippen molar-refractivity contribution in [1.29, 1.82) is 0 Å². The van der Waals surface area contributed by atoms with Crippen LogP contribution in [0.5, 0.6) is 0 Å². The van der Waals surface area contributed by atoms with Crippen LogP contribution in [-0.2, 0) is 9.59 Å². The van der Waals surface area contributed by atoms with Crippen molar-refractivity contribution in [3.05, 3.63) is 27.8 Å². The van der Waals surface area contributed by atoms with Crippen molar-refractivity contribution in [3.63, 3.8) is 0 Å². The van der Waals surface area contributed by atoms with Gasteiger partial charge in [-0.2, -0.15) is 0 Å². The van der Waals surface area contributed by atoms with Gasteiger partial charge in [0.05, 0.1) is 7.05 Å². The summed E-state index contributed by atoms with van der Waals surface area (Å²) in [6.07, 6.45) is 0.915. The molecule has 0 aliphatic carbocycles. The van der Waals surface area contributed by atoms with Crippen LogP contribution in [0.1, 0.15) is 13.3 Å². The number of benzene rings is 1. The Kier molecular flexibility index (Phi) is 7.53. The van der Waals surface area contributed by atoms with Crippen molar-refractivity contribution >= 4 is 40.1 Å². The van der Waals surface area contributed by atoms with Crippen LogP contribution in [0.15, 0.2) is 24.3 Å². The van der Waals surface area contributed by atoms with Gasteiger partial charge in [0.25, 0.3) is 11.8 Å². The molecular weight excluding hydrogens is 369 g/mol. The summed E-state index contributed by atoms with van der Waals surface area (Å²) in [5.41, 5.74) is 0.777. The summed E-state index contributed by atoms with van der Waals surface area (Å²) in [5, 5.41) is 5.62. The molecule has 2 amide bonds. The van der Waals surface area contributed by atoms with Crippen LogP contribution < -0.4 is 15.5 Å². The summed E-state index contributed by atoms with van der Waals surface area (Å²) >= 11 is 2.21. The van der Waals surface area contributed by atoms with Gasteiger partial charge in [0.2, 0.25) is 0 Å². The van der Waals surface area contributed by atoms with E-state index in [1.165, 1.54) is 0 Å². The Morgan fingerprint density at radius 3 is 2.35 bits per heavy atom. The van der Waals surface area contributed by atoms with Gasteiger partial charge in [-0.3, -0.25) is 9.59 Å². The summed E-state index contributed by atoms with van der Waals surface area (Å²) in [4.78, 5) is 24.2. The highest BCUT2D eigenvalue weighted by molar-refractivity contribution is 14.1. The second-order valence-electron chi connectivity index (χ2n) is 4.72. The SMILES string of the molecule is CCCNC(=O)C[NH+](C)CC(=O)Nc1ccc(I)cc1. The van der Waals surface area contributed by atoms with Crippen molar-refractivity contribution in [2.24, 2.45) is 0 Å². The molecule has 6 heteroatoms. The number of anilines is 1. The van der Waals surface area contributed by atoms with E-state index in [9.17, 15) is 9.59 Å². The smallest absolute Gasteiger partial charge is 0.279 e. The summed E-state index contributed by atoms with van der Waals surface area (Å²) in [6, 6.07) is 7.60. The van der Waals surface area contributed by atoms with Crippen molar-refractivity contribution in [1.82, 2.24) is 5.32 Å². The maximum absolute atomic E-state index is 11.8. The third-order valence-corrected chi connectivity index (χ3v) is 3.34. The zero-order chi connectivity index (χ0) is 15.0. The van der Waals surface area contributed by atoms with E-state index >= 15 is 0 Å². The predicted octanol–water partition coefficient (Wildman–Crippen LogP) is 0.271. The van der Waals surface area contributed by atoms with Crippen molar-refractivity contribution < 1.29 is 14.5 Å². The molecular formula is C14H21IN3O2+. The fourth-order valence-corrected chi connectivity index (χ4v) is 2.04. The topological polar surface area (TPSA) is 62.6 Å². The lowest BCUT2D eigenvalue weighted by Gasteiger charge is -2.13. The van der Waals surface area contributed by atoms with Gasteiger partial charge in [0.15, 0.2) is 13.1 Å². The van der Waals surface area contributed by atoms with Crippen LogP contribution >= 0.6 is 22.6 Å². The summed E-state index contributed by atoms with van der Waals surface area (Å²) in [7, 11) is 1.83. The number of hydrogen-bond donors (Lipinski definition) is 3. The largest absolute Gasteiger partial charge is 0.351 e. The molecule has 1 atom stereocenters. The van der Waals surface area contributed by atoms with Gasteiger partial charge < -0.3 is 15.5 Å². The van der Waals surface area contributed by atoms with E-state index in [1.54, 1.807) is 0 Å². The fraction of sp³-hybridized carbons (Fsp3) is 0.429. The van der Waals surface area contributed by atoms with Crippen LogP contribution in [0.2, 0.25) is 0 Å². The standard InChI is InChI=1S/C14H20IN3O2/c1-3-8-16-13(19)9-18(2)10-14(20)17-12-6-4-11(15)5-7-12/h4-7H,3,8-10H2,1-2H3,(H,16,19)(H,17,20)/p+1. The van der Waals surface area contributed by atoms with Gasteiger partial charge in [0.1, 0.15) is 0 Å². The molecule has 0 heterocycles. The van der Waals surface area contributed by atoms with Gasteiger partial charge >= 0.3 is 0 Å². The van der Waals surface area contributed by atoms with Crippen molar-refractivity contribution in [3.8, 4) is 0 Å². The molecule has 0 saturated heterocycles. The number of carbonyl (C=O) groups excluding carboxylic acids is 2. The second kappa shape index (κ2) is 8.91. The molecule has 0 bridgehead atoms. The Bertz CT molecular complexity index is 448. The van der Waals surface area contributed by atoms with E-state index in [2.05, 4.69) is 33.2 Å². The van der Waals surface area contributed by atoms with Crippen LogP contribution in [0.3, 0.4) is 0 Å². The number of nitrogens with one attached hydrogen (secondary N) is 3. The van der Waals surface area contributed by atoms with Gasteiger partial charge in [-0.1, -0.05) is 6.92 Å².